The van der Waals surface area contributed by atoms with Gasteiger partial charge in [0.2, 0.25) is 11.8 Å². The van der Waals surface area contributed by atoms with Gasteiger partial charge in [0.1, 0.15) is 18.7 Å². The first kappa shape index (κ1) is 25.8. The number of nitrogens with zero attached hydrogens (tertiary/aromatic N) is 3. The average molecular weight is 527 g/mol. The quantitative estimate of drug-likeness (QED) is 0.327. The molecule has 5 rings (SSSR count). The first-order chi connectivity index (χ1) is 18.8. The van der Waals surface area contributed by atoms with Crippen LogP contribution in [0.1, 0.15) is 34.6 Å². The number of nitrogens with one attached hydrogen (secondary N) is 2. The highest BCUT2D eigenvalue weighted by atomic mass is 16.6. The van der Waals surface area contributed by atoms with Crippen LogP contribution in [0.25, 0.3) is 22.4 Å². The molecule has 0 radical (unpaired) electrons. The second-order valence-electron chi connectivity index (χ2n) is 9.27. The molecule has 0 aliphatic heterocycles. The lowest BCUT2D eigenvalue weighted by atomic mass is 9.95. The smallest absolute Gasteiger partial charge is 0.411 e. The summed E-state index contributed by atoms with van der Waals surface area (Å²) in [6.07, 6.45) is 3.69. The van der Waals surface area contributed by atoms with Crippen LogP contribution in [0.4, 0.5) is 10.5 Å². The monoisotopic (exact) mass is 526 g/mol. The molecule has 2 aromatic carbocycles. The first-order valence-corrected chi connectivity index (χ1v) is 12.3. The summed E-state index contributed by atoms with van der Waals surface area (Å²) in [4.78, 5) is 25.0. The second kappa shape index (κ2) is 10.1. The molecule has 0 saturated heterocycles. The highest BCUT2D eigenvalue weighted by molar-refractivity contribution is 5.85. The number of hydrogen-bond acceptors (Lipinski definition) is 7. The third-order valence-corrected chi connectivity index (χ3v) is 6.98. The van der Waals surface area contributed by atoms with Gasteiger partial charge >= 0.3 is 6.09 Å². The number of methoxy groups -OCH3 is 2. The lowest BCUT2D eigenvalue weighted by molar-refractivity contribution is -0.893. The van der Waals surface area contributed by atoms with Gasteiger partial charge in [0, 0.05) is 16.0 Å². The molecule has 198 valence electrons. The SMILES string of the molecule is COC(=O)Nc1ccc(-c2cnc(C3(O)CCc4c(OC)c(-c5cc(C)ccc5C#N)c[n+](OC)c43)[nH]2)cc1. The molecule has 3 N–H and O–H groups in total. The number of aliphatic hydroxyl groups is 1. The number of ether oxygens (including phenoxy) is 2. The van der Waals surface area contributed by atoms with Gasteiger partial charge in [0.05, 0.1) is 48.9 Å². The highest BCUT2D eigenvalue weighted by Crippen LogP contribution is 2.46. The van der Waals surface area contributed by atoms with Gasteiger partial charge in [-0.1, -0.05) is 23.8 Å². The number of pyridine rings is 1. The third kappa shape index (κ3) is 4.43. The van der Waals surface area contributed by atoms with Crippen LogP contribution >= 0.6 is 0 Å². The Kier molecular flexibility index (Phi) is 6.68. The number of hydrogen-bond donors (Lipinski definition) is 3. The first-order valence-electron chi connectivity index (χ1n) is 12.3. The maximum Gasteiger partial charge on any atom is 0.411 e. The summed E-state index contributed by atoms with van der Waals surface area (Å²) >= 11 is 0. The molecule has 0 saturated carbocycles. The molecule has 2 heterocycles. The van der Waals surface area contributed by atoms with Crippen LogP contribution in [0.5, 0.6) is 5.75 Å². The number of aromatic amines is 1. The van der Waals surface area contributed by atoms with Crippen molar-refractivity contribution < 1.29 is 28.9 Å². The maximum atomic E-state index is 12.0. The van der Waals surface area contributed by atoms with E-state index < -0.39 is 11.7 Å². The van der Waals surface area contributed by atoms with Crippen molar-refractivity contribution in [3.05, 3.63) is 83.1 Å². The van der Waals surface area contributed by atoms with E-state index in [2.05, 4.69) is 26.1 Å². The van der Waals surface area contributed by atoms with Crippen LogP contribution in [0, 0.1) is 18.3 Å². The van der Waals surface area contributed by atoms with E-state index in [-0.39, 0.29) is 0 Å². The number of H-pyrrole nitrogens is 1. The van der Waals surface area contributed by atoms with Crippen molar-refractivity contribution in [2.75, 3.05) is 26.6 Å². The Labute approximate surface area is 225 Å². The number of rotatable bonds is 6. The van der Waals surface area contributed by atoms with Gasteiger partial charge in [-0.15, -0.1) is 0 Å². The van der Waals surface area contributed by atoms with Crippen molar-refractivity contribution in [3.63, 3.8) is 0 Å². The molecule has 1 amide bonds. The van der Waals surface area contributed by atoms with Crippen molar-refractivity contribution >= 4 is 11.8 Å². The van der Waals surface area contributed by atoms with Gasteiger partial charge in [-0.3, -0.25) is 10.2 Å². The number of aromatic nitrogens is 3. The number of nitriles is 1. The van der Waals surface area contributed by atoms with Gasteiger partial charge in [-0.25, -0.2) is 9.78 Å². The molecule has 1 aliphatic rings. The van der Waals surface area contributed by atoms with E-state index in [4.69, 9.17) is 9.57 Å². The Balaban J connectivity index is 1.57. The van der Waals surface area contributed by atoms with Crippen LogP contribution in [-0.4, -0.2) is 42.5 Å². The Hall–Kier alpha value is -4.88. The predicted molar refractivity (Wildman–Crippen MR) is 142 cm³/mol. The Morgan fingerprint density at radius 1 is 1.18 bits per heavy atom. The summed E-state index contributed by atoms with van der Waals surface area (Å²) in [5.74, 6) is 0.943. The summed E-state index contributed by atoms with van der Waals surface area (Å²) < 4.78 is 12.0. The number of imidazole rings is 1. The Bertz CT molecular complexity index is 1610. The topological polar surface area (TPSA) is 133 Å². The zero-order valence-electron chi connectivity index (χ0n) is 22.0. The summed E-state index contributed by atoms with van der Waals surface area (Å²) in [5.41, 5.74) is 4.85. The number of anilines is 1. The lowest BCUT2D eigenvalue weighted by Gasteiger charge is -2.19. The summed E-state index contributed by atoms with van der Waals surface area (Å²) in [6.45, 7) is 1.96. The number of carbonyl (C=O) groups excluding carboxylic acids is 1. The van der Waals surface area contributed by atoms with E-state index in [0.29, 0.717) is 52.6 Å². The molecule has 39 heavy (non-hydrogen) atoms. The lowest BCUT2D eigenvalue weighted by Crippen LogP contribution is -2.50. The molecule has 4 aromatic rings. The summed E-state index contributed by atoms with van der Waals surface area (Å²) in [5, 5.41) is 24.4. The minimum Gasteiger partial charge on any atom is -0.495 e. The number of aryl methyl sites for hydroxylation is 1. The average Bonchev–Trinajstić information content (AvgIpc) is 3.59. The number of carbonyl (C=O) groups is 1. The van der Waals surface area contributed by atoms with Crippen molar-refractivity contribution in [1.29, 1.82) is 5.26 Å². The van der Waals surface area contributed by atoms with E-state index in [1.165, 1.54) is 19.0 Å². The largest absolute Gasteiger partial charge is 0.495 e. The zero-order valence-corrected chi connectivity index (χ0v) is 22.0. The molecule has 1 aliphatic carbocycles. The van der Waals surface area contributed by atoms with Crippen LogP contribution in [0.15, 0.2) is 54.9 Å². The minimum absolute atomic E-state index is 0.347. The fourth-order valence-corrected chi connectivity index (χ4v) is 5.09. The second-order valence-corrected chi connectivity index (χ2v) is 9.27. The van der Waals surface area contributed by atoms with Crippen molar-refractivity contribution in [2.24, 2.45) is 0 Å². The molecule has 10 heteroatoms. The Morgan fingerprint density at radius 2 is 1.95 bits per heavy atom. The van der Waals surface area contributed by atoms with Gasteiger partial charge < -0.3 is 19.6 Å². The normalized spacial score (nSPS) is 15.8. The summed E-state index contributed by atoms with van der Waals surface area (Å²) in [6, 6.07) is 15.0. The summed E-state index contributed by atoms with van der Waals surface area (Å²) in [7, 11) is 4.41. The van der Waals surface area contributed by atoms with Gasteiger partial charge in [0.25, 0.3) is 5.69 Å². The van der Waals surface area contributed by atoms with Crippen molar-refractivity contribution in [2.45, 2.75) is 25.4 Å². The predicted octanol–water partition coefficient (Wildman–Crippen LogP) is 3.64. The standard InChI is InChI=1S/C29H27N5O5/c1-17-5-6-19(14-30)22(13-17)23-16-34(39-4)26-21(25(23)37-2)11-12-29(26,36)27-31-15-24(33-27)18-7-9-20(10-8-18)32-28(35)38-3/h5-10,13,15-16,36H,11-12H2,1-4H3,(H-,31,32,33,35)/p+1. The van der Waals surface area contributed by atoms with Gasteiger partial charge in [0.15, 0.2) is 0 Å². The van der Waals surface area contributed by atoms with Gasteiger partial charge in [-0.05, 0) is 49.6 Å². The number of fused-ring (bicyclic) bond motifs is 1. The van der Waals surface area contributed by atoms with Crippen LogP contribution in [0.2, 0.25) is 0 Å². The van der Waals surface area contributed by atoms with E-state index in [9.17, 15) is 15.2 Å². The van der Waals surface area contributed by atoms with Crippen LogP contribution in [-0.2, 0) is 16.8 Å². The van der Waals surface area contributed by atoms with Crippen molar-refractivity contribution in [1.82, 2.24) is 9.97 Å². The highest BCUT2D eigenvalue weighted by Gasteiger charge is 2.52. The van der Waals surface area contributed by atoms with Crippen molar-refractivity contribution in [3.8, 4) is 34.2 Å². The van der Waals surface area contributed by atoms with Gasteiger partial charge in [-0.2, -0.15) is 5.26 Å². The Morgan fingerprint density at radius 3 is 2.62 bits per heavy atom. The number of benzene rings is 2. The van der Waals surface area contributed by atoms with E-state index in [0.717, 1.165) is 22.3 Å². The van der Waals surface area contributed by atoms with E-state index >= 15 is 0 Å². The minimum atomic E-state index is -1.48. The molecule has 1 atom stereocenters. The van der Waals surface area contributed by atoms with Crippen LogP contribution < -0.4 is 19.6 Å². The molecule has 2 aromatic heterocycles. The number of amides is 1. The fraction of sp³-hybridized carbons (Fsp3) is 0.241. The van der Waals surface area contributed by atoms with E-state index in [1.54, 1.807) is 37.7 Å². The molecule has 0 bridgehead atoms. The zero-order chi connectivity index (χ0) is 27.7. The molecule has 10 nitrogen and oxygen atoms in total. The fourth-order valence-electron chi connectivity index (χ4n) is 5.09. The molecule has 0 spiro atoms. The molecular formula is C29H28N5O5+. The molecule has 1 unspecified atom stereocenters. The molecule has 0 fully saturated rings. The third-order valence-electron chi connectivity index (χ3n) is 6.98. The van der Waals surface area contributed by atoms with E-state index in [1.807, 2.05) is 31.2 Å². The maximum absolute atomic E-state index is 12.0. The molecular weight excluding hydrogens is 498 g/mol. The van der Waals surface area contributed by atoms with Crippen LogP contribution in [0.3, 0.4) is 0 Å².